The number of anilines is 1. The van der Waals surface area contributed by atoms with Crippen molar-refractivity contribution in [1.82, 2.24) is 5.32 Å². The Bertz CT molecular complexity index is 514. The third-order valence-electron chi connectivity index (χ3n) is 3.60. The number of para-hydroxylation sites is 1. The van der Waals surface area contributed by atoms with Crippen LogP contribution in [0.15, 0.2) is 18.2 Å². The molecule has 0 aromatic heterocycles. The van der Waals surface area contributed by atoms with Crippen molar-refractivity contribution in [2.45, 2.75) is 57.8 Å². The van der Waals surface area contributed by atoms with Crippen molar-refractivity contribution in [2.75, 3.05) is 5.32 Å². The lowest BCUT2D eigenvalue weighted by molar-refractivity contribution is 0.118. The normalized spacial score (nSPS) is 21.5. The Balaban J connectivity index is 1.98. The molecule has 1 aromatic carbocycles. The van der Waals surface area contributed by atoms with Crippen molar-refractivity contribution < 1.29 is 14.6 Å². The molecular formula is C16H23ClN2O3. The van der Waals surface area contributed by atoms with Crippen LogP contribution in [0.1, 0.15) is 39.5 Å². The highest BCUT2D eigenvalue weighted by Crippen LogP contribution is 2.33. The first kappa shape index (κ1) is 16.9. The molecule has 0 heterocycles. The Hall–Kier alpha value is -1.46. The van der Waals surface area contributed by atoms with Crippen LogP contribution in [-0.4, -0.2) is 29.4 Å². The number of aliphatic hydroxyl groups is 1. The molecule has 1 aliphatic carbocycles. The van der Waals surface area contributed by atoms with Crippen LogP contribution in [0.2, 0.25) is 5.02 Å². The van der Waals surface area contributed by atoms with Crippen LogP contribution >= 0.6 is 11.6 Å². The molecule has 22 heavy (non-hydrogen) atoms. The van der Waals surface area contributed by atoms with Gasteiger partial charge in [-0.05, 0) is 51.7 Å². The third kappa shape index (κ3) is 4.78. The maximum Gasteiger partial charge on any atom is 0.319 e. The van der Waals surface area contributed by atoms with Gasteiger partial charge in [-0.25, -0.2) is 4.79 Å². The van der Waals surface area contributed by atoms with E-state index in [4.69, 9.17) is 16.3 Å². The summed E-state index contributed by atoms with van der Waals surface area (Å²) in [6.45, 7) is 3.81. The fourth-order valence-electron chi connectivity index (χ4n) is 2.53. The quantitative estimate of drug-likeness (QED) is 0.792. The van der Waals surface area contributed by atoms with Gasteiger partial charge in [-0.3, -0.25) is 0 Å². The van der Waals surface area contributed by atoms with E-state index in [0.29, 0.717) is 16.5 Å². The van der Waals surface area contributed by atoms with Gasteiger partial charge in [-0.15, -0.1) is 0 Å². The molecule has 3 N–H and O–H groups in total. The maximum atomic E-state index is 12.1. The van der Waals surface area contributed by atoms with Crippen molar-refractivity contribution in [2.24, 2.45) is 0 Å². The van der Waals surface area contributed by atoms with Crippen molar-refractivity contribution >= 4 is 23.3 Å². The summed E-state index contributed by atoms with van der Waals surface area (Å²) in [5.41, 5.74) is 0.551. The highest BCUT2D eigenvalue weighted by Gasteiger charge is 2.21. The lowest BCUT2D eigenvalue weighted by Gasteiger charge is -2.26. The second-order valence-corrected chi connectivity index (χ2v) is 6.29. The monoisotopic (exact) mass is 326 g/mol. The fraction of sp³-hybridized carbons (Fsp3) is 0.562. The number of halogens is 1. The van der Waals surface area contributed by atoms with Crippen molar-refractivity contribution in [1.29, 1.82) is 0 Å². The highest BCUT2D eigenvalue weighted by atomic mass is 35.5. The molecule has 1 fully saturated rings. The van der Waals surface area contributed by atoms with Gasteiger partial charge < -0.3 is 20.5 Å². The minimum atomic E-state index is -0.280. The molecule has 1 aromatic rings. The Labute approximate surface area is 136 Å². The van der Waals surface area contributed by atoms with Gasteiger partial charge in [0, 0.05) is 6.04 Å². The van der Waals surface area contributed by atoms with Crippen LogP contribution in [0.5, 0.6) is 5.75 Å². The summed E-state index contributed by atoms with van der Waals surface area (Å²) >= 11 is 6.14. The van der Waals surface area contributed by atoms with E-state index in [1.54, 1.807) is 18.2 Å². The third-order valence-corrected chi connectivity index (χ3v) is 3.90. The topological polar surface area (TPSA) is 70.6 Å². The summed E-state index contributed by atoms with van der Waals surface area (Å²) in [6, 6.07) is 5.06. The van der Waals surface area contributed by atoms with Gasteiger partial charge in [0.1, 0.15) is 0 Å². The first-order valence-corrected chi connectivity index (χ1v) is 8.04. The molecule has 2 amide bonds. The maximum absolute atomic E-state index is 12.1. The van der Waals surface area contributed by atoms with Gasteiger partial charge in [0.2, 0.25) is 0 Å². The molecule has 122 valence electrons. The SMILES string of the molecule is CC(C)Oc1c(Cl)cccc1NC(=O)NC1CCC(O)CC1. The number of hydrogen-bond donors (Lipinski definition) is 3. The molecule has 0 aliphatic heterocycles. The lowest BCUT2D eigenvalue weighted by Crippen LogP contribution is -2.41. The van der Waals surface area contributed by atoms with E-state index in [2.05, 4.69) is 10.6 Å². The van der Waals surface area contributed by atoms with E-state index in [-0.39, 0.29) is 24.3 Å². The summed E-state index contributed by atoms with van der Waals surface area (Å²) < 4.78 is 5.67. The average Bonchev–Trinajstić information content (AvgIpc) is 2.45. The first-order valence-electron chi connectivity index (χ1n) is 7.66. The van der Waals surface area contributed by atoms with E-state index < -0.39 is 0 Å². The number of hydrogen-bond acceptors (Lipinski definition) is 3. The van der Waals surface area contributed by atoms with Crippen molar-refractivity contribution in [3.8, 4) is 5.75 Å². The van der Waals surface area contributed by atoms with Gasteiger partial charge in [0.05, 0.1) is 22.9 Å². The van der Waals surface area contributed by atoms with Gasteiger partial charge in [-0.1, -0.05) is 17.7 Å². The second kappa shape index (κ2) is 7.70. The zero-order chi connectivity index (χ0) is 16.1. The lowest BCUT2D eigenvalue weighted by atomic mass is 9.93. The molecule has 0 atom stereocenters. The molecule has 1 saturated carbocycles. The minimum absolute atomic E-state index is 0.0386. The zero-order valence-corrected chi connectivity index (χ0v) is 13.7. The van der Waals surface area contributed by atoms with Crippen LogP contribution < -0.4 is 15.4 Å². The molecule has 5 nitrogen and oxygen atoms in total. The number of aliphatic hydroxyl groups excluding tert-OH is 1. The zero-order valence-electron chi connectivity index (χ0n) is 12.9. The Morgan fingerprint density at radius 2 is 2.00 bits per heavy atom. The van der Waals surface area contributed by atoms with Crippen LogP contribution in [0.25, 0.3) is 0 Å². The van der Waals surface area contributed by atoms with E-state index in [1.165, 1.54) is 0 Å². The first-order chi connectivity index (χ1) is 10.5. The molecule has 0 bridgehead atoms. The molecule has 0 spiro atoms. The predicted molar refractivity (Wildman–Crippen MR) is 87.6 cm³/mol. The number of nitrogens with one attached hydrogen (secondary N) is 2. The van der Waals surface area contributed by atoms with Gasteiger partial charge in [-0.2, -0.15) is 0 Å². The summed E-state index contributed by atoms with van der Waals surface area (Å²) in [6.07, 6.45) is 2.76. The molecule has 1 aliphatic rings. The van der Waals surface area contributed by atoms with Crippen LogP contribution in [0, 0.1) is 0 Å². The smallest absolute Gasteiger partial charge is 0.319 e. The summed E-state index contributed by atoms with van der Waals surface area (Å²) in [7, 11) is 0. The Morgan fingerprint density at radius 1 is 1.32 bits per heavy atom. The predicted octanol–water partition coefficient (Wildman–Crippen LogP) is 3.55. The standard InChI is InChI=1S/C16H23ClN2O3/c1-10(2)22-15-13(17)4-3-5-14(15)19-16(21)18-11-6-8-12(20)9-7-11/h3-5,10-12,20H,6-9H2,1-2H3,(H2,18,19,21). The second-order valence-electron chi connectivity index (χ2n) is 5.89. The van der Waals surface area contributed by atoms with Crippen LogP contribution in [-0.2, 0) is 0 Å². The number of benzene rings is 1. The van der Waals surface area contributed by atoms with Gasteiger partial charge in [0.25, 0.3) is 0 Å². The molecule has 6 heteroatoms. The van der Waals surface area contributed by atoms with Crippen molar-refractivity contribution in [3.05, 3.63) is 23.2 Å². The highest BCUT2D eigenvalue weighted by molar-refractivity contribution is 6.32. The fourth-order valence-corrected chi connectivity index (χ4v) is 2.75. The molecular weight excluding hydrogens is 304 g/mol. The number of rotatable bonds is 4. The van der Waals surface area contributed by atoms with Crippen LogP contribution in [0.3, 0.4) is 0 Å². The number of amides is 2. The van der Waals surface area contributed by atoms with E-state index in [1.807, 2.05) is 13.8 Å². The minimum Gasteiger partial charge on any atom is -0.487 e. The van der Waals surface area contributed by atoms with Gasteiger partial charge in [0.15, 0.2) is 5.75 Å². The summed E-state index contributed by atoms with van der Waals surface area (Å²) in [5.74, 6) is 0.480. The number of urea groups is 1. The van der Waals surface area contributed by atoms with Gasteiger partial charge >= 0.3 is 6.03 Å². The van der Waals surface area contributed by atoms with E-state index >= 15 is 0 Å². The summed E-state index contributed by atoms with van der Waals surface area (Å²) in [5, 5.41) is 15.7. The number of carbonyl (C=O) groups excluding carboxylic acids is 1. The number of carbonyl (C=O) groups is 1. The molecule has 0 unspecified atom stereocenters. The van der Waals surface area contributed by atoms with Crippen LogP contribution in [0.4, 0.5) is 10.5 Å². The largest absolute Gasteiger partial charge is 0.487 e. The Morgan fingerprint density at radius 3 is 2.64 bits per heavy atom. The number of ether oxygens (including phenoxy) is 1. The molecule has 0 saturated heterocycles. The molecule has 0 radical (unpaired) electrons. The Kier molecular flexibility index (Phi) is 5.91. The summed E-state index contributed by atoms with van der Waals surface area (Å²) in [4.78, 5) is 12.1. The van der Waals surface area contributed by atoms with Crippen molar-refractivity contribution in [3.63, 3.8) is 0 Å². The average molecular weight is 327 g/mol. The van der Waals surface area contributed by atoms with E-state index in [9.17, 15) is 9.90 Å². The molecule has 2 rings (SSSR count). The van der Waals surface area contributed by atoms with E-state index in [0.717, 1.165) is 25.7 Å².